The number of carbonyl (C=O) groups excluding carboxylic acids is 1. The van der Waals surface area contributed by atoms with Crippen molar-refractivity contribution in [1.29, 1.82) is 0 Å². The fourth-order valence-corrected chi connectivity index (χ4v) is 3.87. The van der Waals surface area contributed by atoms with Gasteiger partial charge in [0.05, 0.1) is 18.7 Å². The van der Waals surface area contributed by atoms with E-state index in [1.54, 1.807) is 23.6 Å². The van der Waals surface area contributed by atoms with E-state index in [1.165, 1.54) is 19.2 Å². The zero-order chi connectivity index (χ0) is 16.2. The molecule has 6 nitrogen and oxygen atoms in total. The number of carbonyl (C=O) groups is 1. The summed E-state index contributed by atoms with van der Waals surface area (Å²) in [5, 5.41) is 4.54. The summed E-state index contributed by atoms with van der Waals surface area (Å²) in [6.45, 7) is -0.371. The number of halogens is 1. The summed E-state index contributed by atoms with van der Waals surface area (Å²) in [4.78, 5) is 11.8. The Morgan fingerprint density at radius 3 is 2.73 bits per heavy atom. The van der Waals surface area contributed by atoms with Gasteiger partial charge in [-0.25, -0.2) is 13.1 Å². The van der Waals surface area contributed by atoms with E-state index in [1.807, 2.05) is 0 Å². The van der Waals surface area contributed by atoms with E-state index < -0.39 is 15.9 Å². The maximum atomic E-state index is 11.9. The number of hydrogen-bond donors (Lipinski definition) is 2. The fraction of sp³-hybridized carbons (Fsp3) is 0.154. The van der Waals surface area contributed by atoms with Gasteiger partial charge in [-0.1, -0.05) is 17.7 Å². The zero-order valence-corrected chi connectivity index (χ0v) is 13.9. The van der Waals surface area contributed by atoms with E-state index in [-0.39, 0.29) is 10.8 Å². The highest BCUT2D eigenvalue weighted by Gasteiger charge is 2.16. The van der Waals surface area contributed by atoms with Crippen LogP contribution in [-0.4, -0.2) is 28.0 Å². The number of anilines is 1. The van der Waals surface area contributed by atoms with Crippen molar-refractivity contribution < 1.29 is 17.9 Å². The number of nitrogens with one attached hydrogen (secondary N) is 2. The Balaban J connectivity index is 1.95. The van der Waals surface area contributed by atoms with Gasteiger partial charge in [0, 0.05) is 5.69 Å². The van der Waals surface area contributed by atoms with Crippen LogP contribution in [0, 0.1) is 0 Å². The molecule has 1 heterocycles. The monoisotopic (exact) mass is 360 g/mol. The van der Waals surface area contributed by atoms with E-state index in [2.05, 4.69) is 10.0 Å². The maximum Gasteiger partial charge on any atom is 0.250 e. The molecule has 2 aromatic rings. The summed E-state index contributed by atoms with van der Waals surface area (Å²) in [7, 11) is -2.18. The molecule has 0 unspecified atom stereocenters. The van der Waals surface area contributed by atoms with Crippen molar-refractivity contribution in [3.05, 3.63) is 40.7 Å². The number of rotatable bonds is 6. The number of benzene rings is 1. The van der Waals surface area contributed by atoms with Crippen molar-refractivity contribution in [3.8, 4) is 5.75 Å². The second-order valence-electron chi connectivity index (χ2n) is 4.15. The molecule has 0 saturated heterocycles. The molecule has 118 valence electrons. The quantitative estimate of drug-likeness (QED) is 0.828. The first-order valence-electron chi connectivity index (χ1n) is 6.09. The Morgan fingerprint density at radius 1 is 1.36 bits per heavy atom. The van der Waals surface area contributed by atoms with Crippen LogP contribution in [0.25, 0.3) is 0 Å². The van der Waals surface area contributed by atoms with Crippen LogP contribution in [0.4, 0.5) is 5.69 Å². The lowest BCUT2D eigenvalue weighted by molar-refractivity contribution is -0.115. The van der Waals surface area contributed by atoms with Gasteiger partial charge < -0.3 is 10.1 Å². The Hall–Kier alpha value is -1.61. The topological polar surface area (TPSA) is 84.5 Å². The molecule has 1 aromatic carbocycles. The molecular formula is C13H13ClN2O4S2. The number of ether oxygens (including phenoxy) is 1. The van der Waals surface area contributed by atoms with Crippen LogP contribution in [0.1, 0.15) is 0 Å². The van der Waals surface area contributed by atoms with Crippen molar-refractivity contribution in [3.63, 3.8) is 0 Å². The third kappa shape index (κ3) is 4.20. The standard InChI is InChI=1S/C13H13ClN2O4S2/c1-20-11-5-4-9(7-10(11)14)16-12(17)8-15-22(18,19)13-3-2-6-21-13/h2-7,15H,8H2,1H3,(H,16,17). The zero-order valence-electron chi connectivity index (χ0n) is 11.5. The molecule has 1 aromatic heterocycles. The molecule has 0 bridgehead atoms. The predicted octanol–water partition coefficient (Wildman–Crippen LogP) is 2.33. The van der Waals surface area contributed by atoms with Gasteiger partial charge in [-0.05, 0) is 29.6 Å². The second kappa shape index (κ2) is 7.10. The number of amides is 1. The summed E-state index contributed by atoms with van der Waals surface area (Å²) < 4.78 is 31.1. The van der Waals surface area contributed by atoms with E-state index in [4.69, 9.17) is 16.3 Å². The van der Waals surface area contributed by atoms with Gasteiger partial charge >= 0.3 is 0 Å². The number of hydrogen-bond acceptors (Lipinski definition) is 5. The van der Waals surface area contributed by atoms with Crippen molar-refractivity contribution in [2.75, 3.05) is 19.0 Å². The van der Waals surface area contributed by atoms with Crippen LogP contribution in [0.3, 0.4) is 0 Å². The SMILES string of the molecule is COc1ccc(NC(=O)CNS(=O)(=O)c2cccs2)cc1Cl. The van der Waals surface area contributed by atoms with Gasteiger partial charge in [-0.2, -0.15) is 0 Å². The van der Waals surface area contributed by atoms with Crippen LogP contribution in [-0.2, 0) is 14.8 Å². The lowest BCUT2D eigenvalue weighted by Crippen LogP contribution is -2.32. The van der Waals surface area contributed by atoms with Crippen LogP contribution in [0.2, 0.25) is 5.02 Å². The van der Waals surface area contributed by atoms with Crippen LogP contribution < -0.4 is 14.8 Å². The molecule has 2 N–H and O–H groups in total. The highest BCUT2D eigenvalue weighted by atomic mass is 35.5. The summed E-state index contributed by atoms with van der Waals surface area (Å²) in [5.41, 5.74) is 0.450. The van der Waals surface area contributed by atoms with Crippen molar-refractivity contribution in [2.45, 2.75) is 4.21 Å². The fourth-order valence-electron chi connectivity index (χ4n) is 1.60. The molecule has 0 aliphatic heterocycles. The Bertz CT molecular complexity index is 760. The summed E-state index contributed by atoms with van der Waals surface area (Å²) in [5.74, 6) is -0.0144. The van der Waals surface area contributed by atoms with Gasteiger partial charge in [0.25, 0.3) is 10.0 Å². The minimum atomic E-state index is -3.66. The first kappa shape index (κ1) is 16.8. The second-order valence-corrected chi connectivity index (χ2v) is 7.50. The normalized spacial score (nSPS) is 11.2. The van der Waals surface area contributed by atoms with Crippen LogP contribution in [0.5, 0.6) is 5.75 Å². The minimum absolute atomic E-state index is 0.160. The Labute approximate surface area is 137 Å². The average Bonchev–Trinajstić information content (AvgIpc) is 3.00. The molecule has 2 rings (SSSR count). The van der Waals surface area contributed by atoms with Gasteiger partial charge in [0.2, 0.25) is 5.91 Å². The summed E-state index contributed by atoms with van der Waals surface area (Å²) >= 11 is 7.02. The highest BCUT2D eigenvalue weighted by molar-refractivity contribution is 7.91. The molecule has 0 aliphatic rings. The third-order valence-corrected chi connectivity index (χ3v) is 5.71. The molecule has 9 heteroatoms. The van der Waals surface area contributed by atoms with Gasteiger partial charge in [0.1, 0.15) is 9.96 Å². The first-order chi connectivity index (χ1) is 10.4. The third-order valence-electron chi connectivity index (χ3n) is 2.62. The lowest BCUT2D eigenvalue weighted by atomic mass is 10.3. The highest BCUT2D eigenvalue weighted by Crippen LogP contribution is 2.27. The maximum absolute atomic E-state index is 11.9. The van der Waals surface area contributed by atoms with Gasteiger partial charge in [0.15, 0.2) is 0 Å². The lowest BCUT2D eigenvalue weighted by Gasteiger charge is -2.08. The molecule has 0 radical (unpaired) electrons. The predicted molar refractivity (Wildman–Crippen MR) is 86.1 cm³/mol. The number of sulfonamides is 1. The Kier molecular flexibility index (Phi) is 5.41. The number of thiophene rings is 1. The minimum Gasteiger partial charge on any atom is -0.495 e. The molecule has 22 heavy (non-hydrogen) atoms. The summed E-state index contributed by atoms with van der Waals surface area (Å²) in [6, 6.07) is 7.82. The largest absolute Gasteiger partial charge is 0.495 e. The van der Waals surface area contributed by atoms with Gasteiger partial charge in [-0.3, -0.25) is 4.79 Å². The molecule has 0 atom stereocenters. The molecular weight excluding hydrogens is 348 g/mol. The molecule has 1 amide bonds. The molecule has 0 fully saturated rings. The van der Waals surface area contributed by atoms with Crippen molar-refractivity contribution >= 4 is 44.6 Å². The van der Waals surface area contributed by atoms with E-state index in [0.29, 0.717) is 16.5 Å². The van der Waals surface area contributed by atoms with E-state index in [9.17, 15) is 13.2 Å². The van der Waals surface area contributed by atoms with Crippen LogP contribution in [0.15, 0.2) is 39.9 Å². The smallest absolute Gasteiger partial charge is 0.250 e. The first-order valence-corrected chi connectivity index (χ1v) is 8.83. The van der Waals surface area contributed by atoms with Crippen LogP contribution >= 0.6 is 22.9 Å². The van der Waals surface area contributed by atoms with E-state index in [0.717, 1.165) is 11.3 Å². The summed E-state index contributed by atoms with van der Waals surface area (Å²) in [6.07, 6.45) is 0. The molecule has 0 aliphatic carbocycles. The number of methoxy groups -OCH3 is 1. The average molecular weight is 361 g/mol. The Morgan fingerprint density at radius 2 is 2.14 bits per heavy atom. The van der Waals surface area contributed by atoms with Crippen molar-refractivity contribution in [2.24, 2.45) is 0 Å². The van der Waals surface area contributed by atoms with E-state index >= 15 is 0 Å². The van der Waals surface area contributed by atoms with Gasteiger partial charge in [-0.15, -0.1) is 11.3 Å². The van der Waals surface area contributed by atoms with Crippen molar-refractivity contribution in [1.82, 2.24) is 4.72 Å². The molecule has 0 spiro atoms. The molecule has 0 saturated carbocycles.